The van der Waals surface area contributed by atoms with Crippen molar-refractivity contribution in [3.8, 4) is 0 Å². The molecule has 0 spiro atoms. The molecule has 0 amide bonds. The first kappa shape index (κ1) is 12.0. The Morgan fingerprint density at radius 2 is 2.25 bits per heavy atom. The molecule has 1 aromatic heterocycles. The lowest BCUT2D eigenvalue weighted by Crippen LogP contribution is -2.22. The molecule has 0 saturated carbocycles. The molecular weight excluding hydrogens is 216 g/mol. The Hall–Kier alpha value is -2.05. The smallest absolute Gasteiger partial charge is 0.435 e. The summed E-state index contributed by atoms with van der Waals surface area (Å²) < 4.78 is 13.9. The largest absolute Gasteiger partial charge is 0.511 e. The van der Waals surface area contributed by atoms with E-state index in [2.05, 4.69) is 19.4 Å². The summed E-state index contributed by atoms with van der Waals surface area (Å²) in [4.78, 5) is 28.4. The van der Waals surface area contributed by atoms with Gasteiger partial charge >= 0.3 is 12.1 Å². The summed E-state index contributed by atoms with van der Waals surface area (Å²) in [5, 5.41) is 0. The van der Waals surface area contributed by atoms with Gasteiger partial charge in [0, 0.05) is 6.92 Å². The van der Waals surface area contributed by atoms with Crippen molar-refractivity contribution in [2.24, 2.45) is 0 Å². The third kappa shape index (κ3) is 3.60. The molecule has 1 unspecified atom stereocenters. The first-order chi connectivity index (χ1) is 7.63. The van der Waals surface area contributed by atoms with Gasteiger partial charge in [-0.3, -0.25) is 0 Å². The molecule has 0 saturated heterocycles. The van der Waals surface area contributed by atoms with Gasteiger partial charge in [0.25, 0.3) is 0 Å². The van der Waals surface area contributed by atoms with E-state index in [-0.39, 0.29) is 12.3 Å². The number of esters is 1. The average molecular weight is 228 g/mol. The molecule has 0 aliphatic heterocycles. The summed E-state index contributed by atoms with van der Waals surface area (Å²) >= 11 is 0. The minimum Gasteiger partial charge on any atom is -0.435 e. The van der Waals surface area contributed by atoms with Gasteiger partial charge in [0.15, 0.2) is 0 Å². The highest BCUT2D eigenvalue weighted by Gasteiger charge is 2.16. The fourth-order valence-corrected chi connectivity index (χ4v) is 0.893. The minimum atomic E-state index is -1.02. The van der Waals surface area contributed by atoms with Crippen LogP contribution >= 0.6 is 0 Å². The fourth-order valence-electron chi connectivity index (χ4n) is 0.893. The van der Waals surface area contributed by atoms with Crippen LogP contribution in [0.1, 0.15) is 24.3 Å². The van der Waals surface area contributed by atoms with Gasteiger partial charge in [-0.1, -0.05) is 0 Å². The lowest BCUT2D eigenvalue weighted by atomic mass is 10.5. The van der Waals surface area contributed by atoms with Crippen molar-refractivity contribution >= 4 is 12.1 Å². The van der Waals surface area contributed by atoms with E-state index in [9.17, 15) is 9.59 Å². The van der Waals surface area contributed by atoms with Crippen LogP contribution in [0.2, 0.25) is 0 Å². The standard InChI is InChI=1S/C9H12N2O5/c1-3-14-9(13)16-6(2)15-8(12)7-4-10-5-11-7/h4-6H,3H2,1-2H3,(H,10,11). The van der Waals surface area contributed by atoms with E-state index in [0.29, 0.717) is 0 Å². The maximum Gasteiger partial charge on any atom is 0.511 e. The second kappa shape index (κ2) is 5.74. The number of carbonyl (C=O) groups excluding carboxylic acids is 2. The number of nitrogens with one attached hydrogen (secondary N) is 1. The SMILES string of the molecule is CCOC(=O)OC(C)OC(=O)c1cnc[nH]1. The van der Waals surface area contributed by atoms with Gasteiger partial charge in [-0.15, -0.1) is 0 Å². The number of nitrogens with zero attached hydrogens (tertiary/aromatic N) is 1. The van der Waals surface area contributed by atoms with Crippen molar-refractivity contribution in [1.82, 2.24) is 9.97 Å². The predicted octanol–water partition coefficient (Wildman–Crippen LogP) is 1.09. The number of hydrogen-bond donors (Lipinski definition) is 1. The van der Waals surface area contributed by atoms with Gasteiger partial charge in [-0.25, -0.2) is 14.6 Å². The zero-order chi connectivity index (χ0) is 12.0. The highest BCUT2D eigenvalue weighted by Crippen LogP contribution is 2.02. The Labute approximate surface area is 91.7 Å². The van der Waals surface area contributed by atoms with Gasteiger partial charge < -0.3 is 19.2 Å². The Balaban J connectivity index is 2.37. The van der Waals surface area contributed by atoms with Crippen molar-refractivity contribution in [3.63, 3.8) is 0 Å². The van der Waals surface area contributed by atoms with E-state index in [1.807, 2.05) is 0 Å². The first-order valence-electron chi connectivity index (χ1n) is 4.66. The molecule has 0 aliphatic carbocycles. The molecule has 0 bridgehead atoms. The van der Waals surface area contributed by atoms with Crippen LogP contribution in [0.5, 0.6) is 0 Å². The lowest BCUT2D eigenvalue weighted by molar-refractivity contribution is -0.0813. The number of H-pyrrole nitrogens is 1. The highest BCUT2D eigenvalue weighted by atomic mass is 16.8. The van der Waals surface area contributed by atoms with Crippen molar-refractivity contribution < 1.29 is 23.8 Å². The van der Waals surface area contributed by atoms with Crippen LogP contribution in [-0.4, -0.2) is 35.0 Å². The number of rotatable bonds is 4. The highest BCUT2D eigenvalue weighted by molar-refractivity contribution is 5.86. The summed E-state index contributed by atoms with van der Waals surface area (Å²) in [5.74, 6) is -0.658. The van der Waals surface area contributed by atoms with Crippen molar-refractivity contribution in [3.05, 3.63) is 18.2 Å². The number of imidazole rings is 1. The second-order valence-electron chi connectivity index (χ2n) is 2.74. The molecule has 16 heavy (non-hydrogen) atoms. The van der Waals surface area contributed by atoms with Gasteiger partial charge in [0.05, 0.1) is 19.1 Å². The normalized spacial score (nSPS) is 11.6. The van der Waals surface area contributed by atoms with E-state index < -0.39 is 18.4 Å². The molecule has 0 radical (unpaired) electrons. The second-order valence-corrected chi connectivity index (χ2v) is 2.74. The molecule has 1 aromatic rings. The summed E-state index contributed by atoms with van der Waals surface area (Å²) in [6.45, 7) is 3.24. The van der Waals surface area contributed by atoms with E-state index in [4.69, 9.17) is 4.74 Å². The van der Waals surface area contributed by atoms with Crippen LogP contribution < -0.4 is 0 Å². The number of hydrogen-bond acceptors (Lipinski definition) is 6. The zero-order valence-electron chi connectivity index (χ0n) is 8.93. The number of ether oxygens (including phenoxy) is 3. The first-order valence-corrected chi connectivity index (χ1v) is 4.66. The van der Waals surface area contributed by atoms with E-state index in [0.717, 1.165) is 0 Å². The van der Waals surface area contributed by atoms with Gasteiger partial charge in [-0.05, 0) is 6.92 Å². The molecule has 7 nitrogen and oxygen atoms in total. The molecule has 1 rings (SSSR count). The summed E-state index contributed by atoms with van der Waals surface area (Å²) in [6, 6.07) is 0. The molecule has 0 aromatic carbocycles. The van der Waals surface area contributed by atoms with E-state index >= 15 is 0 Å². The quantitative estimate of drug-likeness (QED) is 0.612. The van der Waals surface area contributed by atoms with Crippen LogP contribution in [0.15, 0.2) is 12.5 Å². The zero-order valence-corrected chi connectivity index (χ0v) is 8.93. The maximum absolute atomic E-state index is 11.3. The molecule has 0 fully saturated rings. The number of carbonyl (C=O) groups is 2. The van der Waals surface area contributed by atoms with Crippen LogP contribution in [0.3, 0.4) is 0 Å². The topological polar surface area (TPSA) is 90.5 Å². The van der Waals surface area contributed by atoms with Crippen molar-refractivity contribution in [2.45, 2.75) is 20.1 Å². The molecule has 1 N–H and O–H groups in total. The molecule has 88 valence electrons. The third-order valence-corrected chi connectivity index (χ3v) is 1.52. The fraction of sp³-hybridized carbons (Fsp3) is 0.444. The Kier molecular flexibility index (Phi) is 4.31. The van der Waals surface area contributed by atoms with Crippen LogP contribution in [0.4, 0.5) is 4.79 Å². The monoisotopic (exact) mass is 228 g/mol. The summed E-state index contributed by atoms with van der Waals surface area (Å²) in [6.07, 6.45) is 0.745. The minimum absolute atomic E-state index is 0.180. The van der Waals surface area contributed by atoms with Crippen LogP contribution in [-0.2, 0) is 14.2 Å². The van der Waals surface area contributed by atoms with Gasteiger partial charge in [0.1, 0.15) is 5.69 Å². The van der Waals surface area contributed by atoms with E-state index in [1.165, 1.54) is 19.4 Å². The molecule has 0 aliphatic rings. The average Bonchev–Trinajstić information content (AvgIpc) is 2.69. The number of aromatic nitrogens is 2. The lowest BCUT2D eigenvalue weighted by Gasteiger charge is -2.12. The molecular formula is C9H12N2O5. The van der Waals surface area contributed by atoms with Crippen molar-refractivity contribution in [2.75, 3.05) is 6.61 Å². The Morgan fingerprint density at radius 1 is 1.50 bits per heavy atom. The predicted molar refractivity (Wildman–Crippen MR) is 51.6 cm³/mol. The summed E-state index contributed by atoms with van der Waals surface area (Å²) in [5.41, 5.74) is 0.180. The Bertz CT molecular complexity index is 349. The number of aromatic amines is 1. The van der Waals surface area contributed by atoms with E-state index in [1.54, 1.807) is 6.92 Å². The molecule has 1 heterocycles. The van der Waals surface area contributed by atoms with Gasteiger partial charge in [0.2, 0.25) is 6.29 Å². The third-order valence-electron chi connectivity index (χ3n) is 1.52. The van der Waals surface area contributed by atoms with Crippen LogP contribution in [0, 0.1) is 0 Å². The maximum atomic E-state index is 11.3. The van der Waals surface area contributed by atoms with Gasteiger partial charge in [-0.2, -0.15) is 0 Å². The Morgan fingerprint density at radius 3 is 2.81 bits per heavy atom. The molecule has 1 atom stereocenters. The molecule has 7 heteroatoms. The van der Waals surface area contributed by atoms with Crippen molar-refractivity contribution in [1.29, 1.82) is 0 Å². The summed E-state index contributed by atoms with van der Waals surface area (Å²) in [7, 11) is 0. The van der Waals surface area contributed by atoms with Crippen LogP contribution in [0.25, 0.3) is 0 Å².